The van der Waals surface area contributed by atoms with Gasteiger partial charge in [0, 0.05) is 31.0 Å². The van der Waals surface area contributed by atoms with Gasteiger partial charge in [-0.25, -0.2) is 16.8 Å². The molecule has 0 fully saturated rings. The topological polar surface area (TPSA) is 106 Å². The van der Waals surface area contributed by atoms with Crippen LogP contribution in [0.15, 0.2) is 104 Å². The van der Waals surface area contributed by atoms with Crippen molar-refractivity contribution in [2.45, 2.75) is 37.5 Å². The second kappa shape index (κ2) is 14.3. The molecule has 0 spiro atoms. The zero-order valence-electron chi connectivity index (χ0n) is 21.7. The summed E-state index contributed by atoms with van der Waals surface area (Å²) < 4.78 is 50.0. The molecule has 4 aromatic rings. The number of aryl methyl sites for hydroxylation is 4. The molecule has 0 bridgehead atoms. The summed E-state index contributed by atoms with van der Waals surface area (Å²) in [6.45, 7) is 7.96. The second-order valence-corrected chi connectivity index (χ2v) is 14.8. The van der Waals surface area contributed by atoms with E-state index in [-0.39, 0.29) is 9.79 Å². The molecule has 0 heterocycles. The molecular weight excluding hydrogens is 688 g/mol. The van der Waals surface area contributed by atoms with Crippen molar-refractivity contribution in [3.05, 3.63) is 116 Å². The first kappa shape index (κ1) is 32.8. The molecule has 39 heavy (non-hydrogen) atoms. The minimum atomic E-state index is -3.58. The summed E-state index contributed by atoms with van der Waals surface area (Å²) in [4.78, 5) is 0.342. The van der Waals surface area contributed by atoms with Gasteiger partial charge in [0.25, 0.3) is 19.1 Å². The molecule has 0 atom stereocenters. The number of hydrogen-bond donors (Lipinski definition) is 2. The Labute approximate surface area is 252 Å². The van der Waals surface area contributed by atoms with Crippen LogP contribution < -0.4 is 10.5 Å². The number of hydrogen-bond acceptors (Lipinski definition) is 5. The van der Waals surface area contributed by atoms with Crippen molar-refractivity contribution in [1.82, 2.24) is 0 Å². The minimum absolute atomic E-state index is 0.105. The van der Waals surface area contributed by atoms with E-state index in [9.17, 15) is 16.8 Å². The highest BCUT2D eigenvalue weighted by atomic mass is 79.9. The summed E-state index contributed by atoms with van der Waals surface area (Å²) in [6, 6.07) is 24.5. The number of anilines is 2. The van der Waals surface area contributed by atoms with Gasteiger partial charge in [-0.1, -0.05) is 56.1 Å². The Bertz CT molecular complexity index is 1590. The van der Waals surface area contributed by atoms with E-state index < -0.39 is 19.1 Å². The number of halogens is 3. The number of benzene rings is 4. The van der Waals surface area contributed by atoms with Crippen molar-refractivity contribution < 1.29 is 16.8 Å². The summed E-state index contributed by atoms with van der Waals surface area (Å²) in [5.41, 5.74) is 11.5. The fraction of sp³-hybridized carbons (Fsp3) is 0.143. The lowest BCUT2D eigenvalue weighted by Gasteiger charge is -2.10. The van der Waals surface area contributed by atoms with Gasteiger partial charge in [0.15, 0.2) is 0 Å². The highest BCUT2D eigenvalue weighted by Gasteiger charge is 2.14. The first-order valence-corrected chi connectivity index (χ1v) is 16.8. The Morgan fingerprint density at radius 3 is 1.44 bits per heavy atom. The standard InChI is InChI=1S/C14H14BrNO2S.C8H11N.C6H4BrClO2S/c1-10-6-11(2)8-13(7-10)16-19(17,18)14-5-3-4-12(15)9-14;1-6-3-7(2)5-8(9)4-6;7-5-2-1-3-6(4-5)11(8,9)10/h3-9,16H,1-2H3;3-5H,9H2,1-2H3;1-4H. The van der Waals surface area contributed by atoms with E-state index in [0.717, 1.165) is 21.3 Å². The zero-order valence-corrected chi connectivity index (χ0v) is 27.3. The smallest absolute Gasteiger partial charge is 0.261 e. The molecule has 0 radical (unpaired) electrons. The van der Waals surface area contributed by atoms with Gasteiger partial charge in [-0.05, 0) is 111 Å². The fourth-order valence-electron chi connectivity index (χ4n) is 3.51. The van der Waals surface area contributed by atoms with Crippen molar-refractivity contribution in [3.63, 3.8) is 0 Å². The van der Waals surface area contributed by atoms with Crippen LogP contribution in [0.4, 0.5) is 11.4 Å². The maximum absolute atomic E-state index is 12.2. The summed E-state index contributed by atoms with van der Waals surface area (Å²) in [7, 11) is -2.05. The number of nitrogen functional groups attached to an aromatic ring is 1. The van der Waals surface area contributed by atoms with Crippen molar-refractivity contribution in [1.29, 1.82) is 0 Å². The SMILES string of the molecule is Cc1cc(C)cc(N)c1.Cc1cc(C)cc(NS(=O)(=O)c2cccc(Br)c2)c1.O=S(=O)(Cl)c1cccc(Br)c1. The predicted molar refractivity (Wildman–Crippen MR) is 168 cm³/mol. The van der Waals surface area contributed by atoms with E-state index in [2.05, 4.69) is 42.6 Å². The van der Waals surface area contributed by atoms with Crippen LogP contribution in [-0.2, 0) is 19.1 Å². The highest BCUT2D eigenvalue weighted by Crippen LogP contribution is 2.21. The van der Waals surface area contributed by atoms with Gasteiger partial charge in [0.05, 0.1) is 9.79 Å². The van der Waals surface area contributed by atoms with E-state index in [1.54, 1.807) is 36.4 Å². The second-order valence-electron chi connectivity index (χ2n) is 8.76. The third kappa shape index (κ3) is 11.7. The fourth-order valence-corrected chi connectivity index (χ4v) is 6.49. The van der Waals surface area contributed by atoms with Crippen molar-refractivity contribution in [2.24, 2.45) is 0 Å². The molecule has 11 heteroatoms. The average molecular weight is 717 g/mol. The molecule has 0 aliphatic carbocycles. The Kier molecular flexibility index (Phi) is 12.1. The summed E-state index contributed by atoms with van der Waals surface area (Å²) in [5, 5.41) is 0. The normalized spacial score (nSPS) is 10.9. The van der Waals surface area contributed by atoms with Crippen molar-refractivity contribution in [2.75, 3.05) is 10.5 Å². The lowest BCUT2D eigenvalue weighted by Crippen LogP contribution is -2.13. The van der Waals surface area contributed by atoms with E-state index >= 15 is 0 Å². The highest BCUT2D eigenvalue weighted by molar-refractivity contribution is 9.10. The Morgan fingerprint density at radius 2 is 1.05 bits per heavy atom. The summed E-state index contributed by atoms with van der Waals surface area (Å²) in [6.07, 6.45) is 0. The summed E-state index contributed by atoms with van der Waals surface area (Å²) in [5.74, 6) is 0. The molecule has 0 saturated carbocycles. The molecule has 0 saturated heterocycles. The number of nitrogens with one attached hydrogen (secondary N) is 1. The monoisotopic (exact) mass is 714 g/mol. The third-order valence-electron chi connectivity index (χ3n) is 4.90. The van der Waals surface area contributed by atoms with Gasteiger partial charge in [-0.15, -0.1) is 0 Å². The maximum Gasteiger partial charge on any atom is 0.261 e. The van der Waals surface area contributed by atoms with Crippen molar-refractivity contribution >= 4 is 73.0 Å². The molecule has 0 unspecified atom stereocenters. The van der Waals surface area contributed by atoms with Gasteiger partial charge < -0.3 is 5.73 Å². The molecule has 3 N–H and O–H groups in total. The molecule has 6 nitrogen and oxygen atoms in total. The quantitative estimate of drug-likeness (QED) is 0.164. The Hall–Kier alpha value is -2.37. The lowest BCUT2D eigenvalue weighted by molar-refractivity contribution is 0.601. The first-order valence-electron chi connectivity index (χ1n) is 11.5. The molecule has 0 aliphatic rings. The van der Waals surface area contributed by atoms with Crippen molar-refractivity contribution in [3.8, 4) is 0 Å². The zero-order chi connectivity index (χ0) is 29.4. The molecule has 208 valence electrons. The number of nitrogens with two attached hydrogens (primary N) is 1. The van der Waals surface area contributed by atoms with Crippen LogP contribution >= 0.6 is 42.5 Å². The largest absolute Gasteiger partial charge is 0.399 e. The van der Waals surface area contributed by atoms with E-state index in [4.69, 9.17) is 16.4 Å². The van der Waals surface area contributed by atoms with Gasteiger partial charge in [-0.3, -0.25) is 4.72 Å². The van der Waals surface area contributed by atoms with Crippen LogP contribution in [0, 0.1) is 27.7 Å². The van der Waals surface area contributed by atoms with E-state index in [1.165, 1.54) is 23.3 Å². The maximum atomic E-state index is 12.2. The number of sulfonamides is 1. The lowest BCUT2D eigenvalue weighted by atomic mass is 10.1. The van der Waals surface area contributed by atoms with E-state index in [1.807, 2.05) is 58.0 Å². The molecular formula is C28H29Br2ClN2O4S2. The van der Waals surface area contributed by atoms with Gasteiger partial charge >= 0.3 is 0 Å². The molecule has 0 amide bonds. The molecule has 4 aromatic carbocycles. The molecule has 4 rings (SSSR count). The van der Waals surface area contributed by atoms with Crippen LogP contribution in [-0.4, -0.2) is 16.8 Å². The average Bonchev–Trinajstić information content (AvgIpc) is 2.77. The Balaban J connectivity index is 0.000000226. The molecule has 0 aliphatic heterocycles. The van der Waals surface area contributed by atoms with Gasteiger partial charge in [0.2, 0.25) is 0 Å². The minimum Gasteiger partial charge on any atom is -0.399 e. The first-order chi connectivity index (χ1) is 18.0. The molecule has 0 aromatic heterocycles. The Morgan fingerprint density at radius 1 is 0.641 bits per heavy atom. The van der Waals surface area contributed by atoms with Crippen LogP contribution in [0.25, 0.3) is 0 Å². The summed E-state index contributed by atoms with van der Waals surface area (Å²) >= 11 is 6.40. The van der Waals surface area contributed by atoms with Crippen LogP contribution in [0.3, 0.4) is 0 Å². The van der Waals surface area contributed by atoms with E-state index in [0.29, 0.717) is 10.2 Å². The third-order valence-corrected chi connectivity index (χ3v) is 8.62. The predicted octanol–water partition coefficient (Wildman–Crippen LogP) is 8.13. The van der Waals surface area contributed by atoms with Gasteiger partial charge in [0.1, 0.15) is 0 Å². The number of rotatable bonds is 4. The van der Waals surface area contributed by atoms with Gasteiger partial charge in [-0.2, -0.15) is 0 Å². The van der Waals surface area contributed by atoms with Crippen LogP contribution in [0.1, 0.15) is 22.3 Å². The van der Waals surface area contributed by atoms with Crippen LogP contribution in [0.2, 0.25) is 0 Å². The van der Waals surface area contributed by atoms with Crippen LogP contribution in [0.5, 0.6) is 0 Å².